The molecule has 0 bridgehead atoms. The normalized spacial score (nSPS) is 9.00. The maximum atomic E-state index is 11.1. The van der Waals surface area contributed by atoms with Gasteiger partial charge in [0.2, 0.25) is 0 Å². The number of rotatable bonds is 9. The predicted octanol–water partition coefficient (Wildman–Crippen LogP) is 2.87. The minimum absolute atomic E-state index is 0. The van der Waals surface area contributed by atoms with E-state index < -0.39 is 5.97 Å². The van der Waals surface area contributed by atoms with Crippen LogP contribution in [0.5, 0.6) is 0 Å². The van der Waals surface area contributed by atoms with Crippen molar-refractivity contribution >= 4 is 11.9 Å². The Morgan fingerprint density at radius 2 is 1.76 bits per heavy atom. The third kappa shape index (κ3) is 12.6. The Balaban J connectivity index is 0. The molecule has 0 aliphatic rings. The molecule has 0 aromatic heterocycles. The van der Waals surface area contributed by atoms with Crippen molar-refractivity contribution in [3.63, 3.8) is 0 Å². The Morgan fingerprint density at radius 1 is 1.12 bits per heavy atom. The lowest BCUT2D eigenvalue weighted by molar-refractivity contribution is -0.149. The molecule has 0 radical (unpaired) electrons. The number of unbranched alkanes of at least 4 members (excludes halogenated alkanes) is 3. The smallest absolute Gasteiger partial charge is 0.330 e. The second kappa shape index (κ2) is 12.7. The number of ether oxygens (including phenoxy) is 2. The molecule has 0 N–H and O–H groups in total. The number of hydrogen-bond acceptors (Lipinski definition) is 4. The highest BCUT2D eigenvalue weighted by atomic mass is 16.6. The summed E-state index contributed by atoms with van der Waals surface area (Å²) < 4.78 is 9.52. The molecule has 0 aliphatic heterocycles. The number of carbonyl (C=O) groups is 2. The molecule has 0 saturated heterocycles. The molecule has 0 saturated carbocycles. The molecule has 0 aliphatic carbocycles. The molecule has 4 nitrogen and oxygen atoms in total. The van der Waals surface area contributed by atoms with Crippen LogP contribution >= 0.6 is 0 Å². The van der Waals surface area contributed by atoms with Crippen LogP contribution in [0.3, 0.4) is 0 Å². The van der Waals surface area contributed by atoms with Crippen molar-refractivity contribution < 1.29 is 19.1 Å². The number of hydrogen-bond donors (Lipinski definition) is 0. The maximum Gasteiger partial charge on any atom is 0.330 e. The minimum atomic E-state index is -0.501. The van der Waals surface area contributed by atoms with E-state index in [9.17, 15) is 9.59 Å². The molecule has 0 spiro atoms. The molecule has 0 aromatic rings. The molecule has 0 fully saturated rings. The lowest BCUT2D eigenvalue weighted by atomic mass is 10.2. The highest BCUT2D eigenvalue weighted by molar-refractivity contribution is 5.81. The fourth-order valence-corrected chi connectivity index (χ4v) is 1.12. The Hall–Kier alpha value is -1.32. The Morgan fingerprint density at radius 3 is 2.35 bits per heavy atom. The van der Waals surface area contributed by atoms with Gasteiger partial charge in [0, 0.05) is 12.5 Å². The van der Waals surface area contributed by atoms with Gasteiger partial charge >= 0.3 is 11.9 Å². The van der Waals surface area contributed by atoms with Gasteiger partial charge < -0.3 is 9.47 Å². The van der Waals surface area contributed by atoms with Crippen LogP contribution < -0.4 is 0 Å². The highest BCUT2D eigenvalue weighted by Gasteiger charge is 2.02. The van der Waals surface area contributed by atoms with Crippen molar-refractivity contribution in [2.24, 2.45) is 0 Å². The summed E-state index contributed by atoms with van der Waals surface area (Å²) in [6, 6.07) is 0. The fraction of sp³-hybridized carbons (Fsp3) is 0.692. The van der Waals surface area contributed by atoms with E-state index in [1.807, 2.05) is 0 Å². The number of esters is 2. The van der Waals surface area contributed by atoms with E-state index in [0.717, 1.165) is 31.8 Å². The quantitative estimate of drug-likeness (QED) is 0.355. The molecule has 0 atom stereocenters. The van der Waals surface area contributed by atoms with Gasteiger partial charge in [-0.05, 0) is 6.42 Å². The molecular formula is C13H24O4. The van der Waals surface area contributed by atoms with Crippen molar-refractivity contribution in [1.29, 1.82) is 0 Å². The van der Waals surface area contributed by atoms with Crippen molar-refractivity contribution in [2.75, 3.05) is 13.2 Å². The SMILES string of the molecule is C.C=CC(=O)OCCOC(=O)CCCCCC. The van der Waals surface area contributed by atoms with Crippen LogP contribution in [-0.2, 0) is 19.1 Å². The topological polar surface area (TPSA) is 52.6 Å². The van der Waals surface area contributed by atoms with E-state index in [4.69, 9.17) is 4.74 Å². The maximum absolute atomic E-state index is 11.1. The van der Waals surface area contributed by atoms with Crippen LogP contribution in [0.25, 0.3) is 0 Å². The van der Waals surface area contributed by atoms with E-state index in [2.05, 4.69) is 18.2 Å². The molecule has 100 valence electrons. The first kappa shape index (κ1) is 18.1. The van der Waals surface area contributed by atoms with Crippen LogP contribution in [0.15, 0.2) is 12.7 Å². The first-order valence-electron chi connectivity index (χ1n) is 5.65. The first-order valence-corrected chi connectivity index (χ1v) is 5.65. The van der Waals surface area contributed by atoms with Gasteiger partial charge in [0.25, 0.3) is 0 Å². The Kier molecular flexibility index (Phi) is 13.5. The summed E-state index contributed by atoms with van der Waals surface area (Å²) in [5.41, 5.74) is 0. The highest BCUT2D eigenvalue weighted by Crippen LogP contribution is 2.03. The van der Waals surface area contributed by atoms with Gasteiger partial charge in [-0.25, -0.2) is 4.79 Å². The van der Waals surface area contributed by atoms with E-state index >= 15 is 0 Å². The molecule has 17 heavy (non-hydrogen) atoms. The zero-order valence-electron chi connectivity index (χ0n) is 9.87. The molecule has 4 heteroatoms. The summed E-state index contributed by atoms with van der Waals surface area (Å²) in [4.78, 5) is 21.8. The van der Waals surface area contributed by atoms with E-state index in [-0.39, 0.29) is 26.6 Å². The van der Waals surface area contributed by atoms with Crippen LogP contribution in [0.1, 0.15) is 46.5 Å². The predicted molar refractivity (Wildman–Crippen MR) is 67.6 cm³/mol. The zero-order valence-corrected chi connectivity index (χ0v) is 9.87. The molecule has 0 unspecified atom stereocenters. The monoisotopic (exact) mass is 244 g/mol. The van der Waals surface area contributed by atoms with Crippen LogP contribution in [-0.4, -0.2) is 25.2 Å². The van der Waals surface area contributed by atoms with Crippen LogP contribution in [0.4, 0.5) is 0 Å². The number of carbonyl (C=O) groups excluding carboxylic acids is 2. The molecule has 0 amide bonds. The molecular weight excluding hydrogens is 220 g/mol. The van der Waals surface area contributed by atoms with E-state index in [1.165, 1.54) is 0 Å². The van der Waals surface area contributed by atoms with Gasteiger partial charge in [0.15, 0.2) is 0 Å². The fourth-order valence-electron chi connectivity index (χ4n) is 1.12. The minimum Gasteiger partial charge on any atom is -0.462 e. The standard InChI is InChI=1S/C12H20O4.CH4/c1-3-5-6-7-8-12(14)16-10-9-15-11(13)4-2;/h4H,2-3,5-10H2,1H3;1H4. The van der Waals surface area contributed by atoms with Crippen LogP contribution in [0.2, 0.25) is 0 Å². The summed E-state index contributed by atoms with van der Waals surface area (Å²) in [6.07, 6.45) is 5.72. The van der Waals surface area contributed by atoms with Gasteiger partial charge in [-0.3, -0.25) is 4.79 Å². The van der Waals surface area contributed by atoms with Gasteiger partial charge in [-0.2, -0.15) is 0 Å². The summed E-state index contributed by atoms with van der Waals surface area (Å²) in [6.45, 7) is 5.57. The van der Waals surface area contributed by atoms with Crippen molar-refractivity contribution in [1.82, 2.24) is 0 Å². The third-order valence-corrected chi connectivity index (χ3v) is 1.99. The van der Waals surface area contributed by atoms with Gasteiger partial charge in [-0.1, -0.05) is 40.2 Å². The average Bonchev–Trinajstić information content (AvgIpc) is 2.30. The van der Waals surface area contributed by atoms with Crippen molar-refractivity contribution in [2.45, 2.75) is 46.5 Å². The lowest BCUT2D eigenvalue weighted by Crippen LogP contribution is -2.12. The summed E-state index contributed by atoms with van der Waals surface area (Å²) >= 11 is 0. The zero-order chi connectivity index (χ0) is 12.2. The molecule has 0 rings (SSSR count). The molecule has 0 heterocycles. The van der Waals surface area contributed by atoms with E-state index in [1.54, 1.807) is 0 Å². The van der Waals surface area contributed by atoms with E-state index in [0.29, 0.717) is 6.42 Å². The van der Waals surface area contributed by atoms with Gasteiger partial charge in [0.05, 0.1) is 0 Å². The molecule has 0 aromatic carbocycles. The average molecular weight is 244 g/mol. The van der Waals surface area contributed by atoms with Gasteiger partial charge in [-0.15, -0.1) is 0 Å². The summed E-state index contributed by atoms with van der Waals surface area (Å²) in [5, 5.41) is 0. The summed E-state index contributed by atoms with van der Waals surface area (Å²) in [7, 11) is 0. The lowest BCUT2D eigenvalue weighted by Gasteiger charge is -2.04. The van der Waals surface area contributed by atoms with Crippen molar-refractivity contribution in [3.8, 4) is 0 Å². The Bertz CT molecular complexity index is 223. The third-order valence-electron chi connectivity index (χ3n) is 1.99. The second-order valence-corrected chi connectivity index (χ2v) is 3.40. The second-order valence-electron chi connectivity index (χ2n) is 3.40. The largest absolute Gasteiger partial charge is 0.462 e. The Labute approximate surface area is 104 Å². The van der Waals surface area contributed by atoms with Crippen LogP contribution in [0, 0.1) is 0 Å². The van der Waals surface area contributed by atoms with Gasteiger partial charge in [0.1, 0.15) is 13.2 Å². The first-order chi connectivity index (χ1) is 7.70. The summed E-state index contributed by atoms with van der Waals surface area (Å²) in [5.74, 6) is -0.732. The van der Waals surface area contributed by atoms with Crippen molar-refractivity contribution in [3.05, 3.63) is 12.7 Å².